The highest BCUT2D eigenvalue weighted by atomic mass is 35.5. The summed E-state index contributed by atoms with van der Waals surface area (Å²) in [4.78, 5) is 6.28. The number of ether oxygens (including phenoxy) is 1. The minimum absolute atomic E-state index is 0.527. The van der Waals surface area contributed by atoms with Crippen LogP contribution in [0.15, 0.2) is 41.4 Å². The fraction of sp³-hybridized carbons (Fsp3) is 0.176. The third kappa shape index (κ3) is 3.46. The van der Waals surface area contributed by atoms with E-state index >= 15 is 0 Å². The molecule has 0 N–H and O–H groups in total. The molecule has 0 saturated heterocycles. The first kappa shape index (κ1) is 15.8. The average molecular weight is 346 g/mol. The van der Waals surface area contributed by atoms with Crippen LogP contribution >= 0.6 is 23.1 Å². The number of aryl methyl sites for hydroxylation is 1. The fourth-order valence-electron chi connectivity index (χ4n) is 2.08. The second-order valence-corrected chi connectivity index (χ2v) is 6.51. The van der Waals surface area contributed by atoms with E-state index in [0.717, 1.165) is 27.2 Å². The van der Waals surface area contributed by atoms with Gasteiger partial charge in [0.15, 0.2) is 0 Å². The van der Waals surface area contributed by atoms with Gasteiger partial charge in [0.25, 0.3) is 0 Å². The normalized spacial score (nSPS) is 11.3. The zero-order chi connectivity index (χ0) is 16.4. The standard InChI is InChI=1S/C17H16ClN3OS/c1-11-8-16(13(18)9-15(11)19-10-21(2)3)22-17-12-6-4-5-7-14(12)20-23-17/h4-10H,1-3H3. The summed E-state index contributed by atoms with van der Waals surface area (Å²) in [6.45, 7) is 1.98. The van der Waals surface area contributed by atoms with Crippen LogP contribution in [0.2, 0.25) is 5.02 Å². The van der Waals surface area contributed by atoms with Crippen LogP contribution in [-0.4, -0.2) is 29.7 Å². The largest absolute Gasteiger partial charge is 0.443 e. The van der Waals surface area contributed by atoms with Crippen molar-refractivity contribution in [1.29, 1.82) is 0 Å². The van der Waals surface area contributed by atoms with Crippen molar-refractivity contribution >= 4 is 46.1 Å². The summed E-state index contributed by atoms with van der Waals surface area (Å²) in [5.74, 6) is 0.613. The van der Waals surface area contributed by atoms with Gasteiger partial charge in [0.05, 0.1) is 28.0 Å². The molecule has 0 unspecified atom stereocenters. The Morgan fingerprint density at radius 2 is 2.04 bits per heavy atom. The quantitative estimate of drug-likeness (QED) is 0.477. The van der Waals surface area contributed by atoms with Crippen LogP contribution in [0.5, 0.6) is 10.8 Å². The molecule has 0 aliphatic carbocycles. The lowest BCUT2D eigenvalue weighted by molar-refractivity contribution is 0.501. The van der Waals surface area contributed by atoms with E-state index in [9.17, 15) is 0 Å². The molecule has 0 radical (unpaired) electrons. The maximum atomic E-state index is 6.36. The summed E-state index contributed by atoms with van der Waals surface area (Å²) in [5, 5.41) is 2.26. The average Bonchev–Trinajstić information content (AvgIpc) is 2.92. The van der Waals surface area contributed by atoms with Gasteiger partial charge in [-0.2, -0.15) is 4.37 Å². The monoisotopic (exact) mass is 345 g/mol. The Labute approximate surface area is 144 Å². The second kappa shape index (κ2) is 6.56. The predicted octanol–water partition coefficient (Wildman–Crippen LogP) is 5.27. The van der Waals surface area contributed by atoms with Crippen molar-refractivity contribution < 1.29 is 4.74 Å². The molecule has 3 aromatic rings. The van der Waals surface area contributed by atoms with E-state index in [1.165, 1.54) is 11.5 Å². The molecule has 6 heteroatoms. The summed E-state index contributed by atoms with van der Waals surface area (Å²) in [6.07, 6.45) is 1.75. The van der Waals surface area contributed by atoms with Gasteiger partial charge in [-0.25, -0.2) is 4.99 Å². The zero-order valence-electron chi connectivity index (χ0n) is 13.1. The molecule has 0 saturated carbocycles. The molecule has 0 bridgehead atoms. The number of fused-ring (bicyclic) bond motifs is 1. The van der Waals surface area contributed by atoms with Crippen LogP contribution in [0.3, 0.4) is 0 Å². The fourth-order valence-corrected chi connectivity index (χ4v) is 3.01. The van der Waals surface area contributed by atoms with E-state index in [0.29, 0.717) is 10.8 Å². The summed E-state index contributed by atoms with van der Waals surface area (Å²) >= 11 is 7.68. The number of aromatic nitrogens is 1. The molecule has 118 valence electrons. The zero-order valence-corrected chi connectivity index (χ0v) is 14.6. The van der Waals surface area contributed by atoms with Crippen molar-refractivity contribution in [2.24, 2.45) is 4.99 Å². The molecule has 0 spiro atoms. The summed E-state index contributed by atoms with van der Waals surface area (Å²) in [6, 6.07) is 11.6. The Kier molecular flexibility index (Phi) is 4.50. The number of hydrogen-bond acceptors (Lipinski definition) is 4. The highest BCUT2D eigenvalue weighted by Crippen LogP contribution is 2.39. The molecular weight excluding hydrogens is 330 g/mol. The van der Waals surface area contributed by atoms with Gasteiger partial charge < -0.3 is 9.64 Å². The van der Waals surface area contributed by atoms with Crippen molar-refractivity contribution in [1.82, 2.24) is 9.27 Å². The van der Waals surface area contributed by atoms with Crippen LogP contribution in [0.4, 0.5) is 5.69 Å². The first-order chi connectivity index (χ1) is 11.0. The summed E-state index contributed by atoms with van der Waals surface area (Å²) in [5.41, 5.74) is 2.74. The summed E-state index contributed by atoms with van der Waals surface area (Å²) < 4.78 is 10.4. The van der Waals surface area contributed by atoms with E-state index in [-0.39, 0.29) is 0 Å². The van der Waals surface area contributed by atoms with E-state index in [1.807, 2.05) is 62.3 Å². The minimum atomic E-state index is 0.527. The second-order valence-electron chi connectivity index (χ2n) is 5.37. The Balaban J connectivity index is 1.93. The van der Waals surface area contributed by atoms with Gasteiger partial charge in [-0.15, -0.1) is 0 Å². The lowest BCUT2D eigenvalue weighted by Gasteiger charge is -2.09. The molecule has 23 heavy (non-hydrogen) atoms. The number of benzene rings is 2. The van der Waals surface area contributed by atoms with Crippen molar-refractivity contribution in [3.8, 4) is 10.8 Å². The van der Waals surface area contributed by atoms with Crippen molar-refractivity contribution in [3.63, 3.8) is 0 Å². The SMILES string of the molecule is Cc1cc(Oc2snc3ccccc23)c(Cl)cc1N=CN(C)C. The topological polar surface area (TPSA) is 37.7 Å². The number of aliphatic imine (C=N–C) groups is 1. The maximum absolute atomic E-state index is 6.36. The smallest absolute Gasteiger partial charge is 0.208 e. The molecule has 2 aromatic carbocycles. The summed E-state index contributed by atoms with van der Waals surface area (Å²) in [7, 11) is 3.85. The van der Waals surface area contributed by atoms with E-state index < -0.39 is 0 Å². The van der Waals surface area contributed by atoms with Crippen molar-refractivity contribution in [3.05, 3.63) is 47.0 Å². The lowest BCUT2D eigenvalue weighted by Crippen LogP contribution is -2.07. The number of nitrogens with zero attached hydrogens (tertiary/aromatic N) is 3. The van der Waals surface area contributed by atoms with E-state index in [2.05, 4.69) is 9.37 Å². The maximum Gasteiger partial charge on any atom is 0.208 e. The van der Waals surface area contributed by atoms with Crippen molar-refractivity contribution in [2.45, 2.75) is 6.92 Å². The van der Waals surface area contributed by atoms with Gasteiger partial charge >= 0.3 is 0 Å². The molecule has 4 nitrogen and oxygen atoms in total. The molecule has 0 aliphatic heterocycles. The Morgan fingerprint density at radius 3 is 2.83 bits per heavy atom. The van der Waals surface area contributed by atoms with Gasteiger partial charge in [0.1, 0.15) is 5.75 Å². The Bertz CT molecular complexity index is 873. The van der Waals surface area contributed by atoms with Crippen LogP contribution in [0.1, 0.15) is 5.56 Å². The molecule has 0 atom stereocenters. The number of rotatable bonds is 4. The van der Waals surface area contributed by atoms with Crippen molar-refractivity contribution in [2.75, 3.05) is 14.1 Å². The molecule has 3 rings (SSSR count). The highest BCUT2D eigenvalue weighted by molar-refractivity contribution is 7.09. The third-order valence-corrected chi connectivity index (χ3v) is 4.28. The van der Waals surface area contributed by atoms with Gasteiger partial charge in [0, 0.05) is 25.6 Å². The Morgan fingerprint density at radius 1 is 1.26 bits per heavy atom. The van der Waals surface area contributed by atoms with Crippen LogP contribution in [-0.2, 0) is 0 Å². The molecule has 0 fully saturated rings. The number of halogens is 1. The van der Waals surface area contributed by atoms with Crippen LogP contribution in [0.25, 0.3) is 10.9 Å². The first-order valence-corrected chi connectivity index (χ1v) is 8.23. The molecule has 1 heterocycles. The molecular formula is C17H16ClN3OS. The lowest BCUT2D eigenvalue weighted by atomic mass is 10.2. The first-order valence-electron chi connectivity index (χ1n) is 7.07. The molecule has 1 aromatic heterocycles. The van der Waals surface area contributed by atoms with Gasteiger partial charge in [-0.05, 0) is 36.8 Å². The molecule has 0 aliphatic rings. The Hall–Kier alpha value is -2.11. The van der Waals surface area contributed by atoms with E-state index in [4.69, 9.17) is 16.3 Å². The molecule has 0 amide bonds. The van der Waals surface area contributed by atoms with E-state index in [1.54, 1.807) is 6.34 Å². The minimum Gasteiger partial charge on any atom is -0.443 e. The predicted molar refractivity (Wildman–Crippen MR) is 97.7 cm³/mol. The van der Waals surface area contributed by atoms with Gasteiger partial charge in [-0.3, -0.25) is 0 Å². The highest BCUT2D eigenvalue weighted by Gasteiger charge is 2.12. The van der Waals surface area contributed by atoms with Gasteiger partial charge in [-0.1, -0.05) is 23.7 Å². The van der Waals surface area contributed by atoms with Gasteiger partial charge in [0.2, 0.25) is 5.06 Å². The third-order valence-electron chi connectivity index (χ3n) is 3.23. The number of hydrogen-bond donors (Lipinski definition) is 0. The van der Waals surface area contributed by atoms with Crippen LogP contribution in [0, 0.1) is 6.92 Å². The van der Waals surface area contributed by atoms with Crippen LogP contribution < -0.4 is 4.74 Å².